The molecule has 0 aliphatic heterocycles. The molecule has 0 spiro atoms. The molecule has 0 aromatic carbocycles. The summed E-state index contributed by atoms with van der Waals surface area (Å²) in [6.07, 6.45) is 2.74. The maximum absolute atomic E-state index is 11.4. The summed E-state index contributed by atoms with van der Waals surface area (Å²) >= 11 is 7.46. The second-order valence-corrected chi connectivity index (χ2v) is 4.58. The maximum Gasteiger partial charge on any atom is 0.140 e. The van der Waals surface area contributed by atoms with Crippen LogP contribution in [0.3, 0.4) is 0 Å². The Balaban J connectivity index is 2.30. The van der Waals surface area contributed by atoms with E-state index in [4.69, 9.17) is 11.6 Å². The molecule has 1 aliphatic rings. The zero-order valence-corrected chi connectivity index (χ0v) is 8.12. The highest BCUT2D eigenvalue weighted by Crippen LogP contribution is 2.37. The molecule has 1 fully saturated rings. The standard InChI is InChI=1S/C9H9ClOS/c10-9-7(4-5-12-9)6-2-1-3-8(6)11/h4-6H,1-3H2. The summed E-state index contributed by atoms with van der Waals surface area (Å²) in [6.45, 7) is 0. The third-order valence-electron chi connectivity index (χ3n) is 2.33. The number of rotatable bonds is 1. The van der Waals surface area contributed by atoms with Gasteiger partial charge in [0.05, 0.1) is 4.34 Å². The van der Waals surface area contributed by atoms with Gasteiger partial charge in [-0.1, -0.05) is 11.6 Å². The van der Waals surface area contributed by atoms with Crippen LogP contribution in [0.15, 0.2) is 11.4 Å². The summed E-state index contributed by atoms with van der Waals surface area (Å²) in [6, 6.07) is 1.97. The van der Waals surface area contributed by atoms with E-state index >= 15 is 0 Å². The van der Waals surface area contributed by atoms with Gasteiger partial charge in [0, 0.05) is 12.3 Å². The number of thiophene rings is 1. The van der Waals surface area contributed by atoms with Crippen molar-refractivity contribution in [3.05, 3.63) is 21.3 Å². The van der Waals surface area contributed by atoms with Crippen LogP contribution in [-0.4, -0.2) is 5.78 Å². The van der Waals surface area contributed by atoms with Crippen LogP contribution in [0, 0.1) is 0 Å². The van der Waals surface area contributed by atoms with E-state index in [0.29, 0.717) is 5.78 Å². The van der Waals surface area contributed by atoms with Gasteiger partial charge in [0.25, 0.3) is 0 Å². The Bertz CT molecular complexity index is 305. The van der Waals surface area contributed by atoms with Crippen LogP contribution in [0.25, 0.3) is 0 Å². The van der Waals surface area contributed by atoms with Gasteiger partial charge in [-0.05, 0) is 29.9 Å². The van der Waals surface area contributed by atoms with E-state index in [9.17, 15) is 4.79 Å². The molecule has 1 unspecified atom stereocenters. The molecule has 1 nitrogen and oxygen atoms in total. The molecular formula is C9H9ClOS. The van der Waals surface area contributed by atoms with Gasteiger partial charge in [0.15, 0.2) is 0 Å². The Morgan fingerprint density at radius 2 is 2.42 bits per heavy atom. The lowest BCUT2D eigenvalue weighted by atomic mass is 10.0. The fourth-order valence-corrected chi connectivity index (χ4v) is 2.73. The van der Waals surface area contributed by atoms with Gasteiger partial charge in [0.2, 0.25) is 0 Å². The van der Waals surface area contributed by atoms with Crippen LogP contribution in [0.4, 0.5) is 0 Å². The van der Waals surface area contributed by atoms with Crippen molar-refractivity contribution in [1.82, 2.24) is 0 Å². The Kier molecular flexibility index (Phi) is 2.20. The van der Waals surface area contributed by atoms with Gasteiger partial charge >= 0.3 is 0 Å². The first-order chi connectivity index (χ1) is 5.79. The molecule has 1 heterocycles. The molecule has 0 bridgehead atoms. The molecule has 1 atom stereocenters. The number of carbonyl (C=O) groups excluding carboxylic acids is 1. The van der Waals surface area contributed by atoms with Crippen LogP contribution in [-0.2, 0) is 4.79 Å². The average molecular weight is 201 g/mol. The van der Waals surface area contributed by atoms with Crippen molar-refractivity contribution in [2.75, 3.05) is 0 Å². The van der Waals surface area contributed by atoms with Crippen molar-refractivity contribution in [2.45, 2.75) is 25.2 Å². The number of ketones is 1. The molecule has 1 saturated carbocycles. The van der Waals surface area contributed by atoms with Crippen LogP contribution in [0.1, 0.15) is 30.7 Å². The third-order valence-corrected chi connectivity index (χ3v) is 3.53. The minimum atomic E-state index is 0.101. The van der Waals surface area contributed by atoms with Crippen molar-refractivity contribution >= 4 is 28.7 Å². The summed E-state index contributed by atoms with van der Waals surface area (Å²) in [7, 11) is 0. The predicted molar refractivity (Wildman–Crippen MR) is 50.9 cm³/mol. The van der Waals surface area contributed by atoms with E-state index in [1.54, 1.807) is 0 Å². The topological polar surface area (TPSA) is 17.1 Å². The molecule has 64 valence electrons. The van der Waals surface area contributed by atoms with Crippen molar-refractivity contribution in [1.29, 1.82) is 0 Å². The number of Topliss-reactive ketones (excluding diaryl/α,β-unsaturated/α-hetero) is 1. The fourth-order valence-electron chi connectivity index (χ4n) is 1.70. The highest BCUT2D eigenvalue weighted by atomic mass is 35.5. The summed E-state index contributed by atoms with van der Waals surface area (Å²) in [5.41, 5.74) is 1.05. The van der Waals surface area contributed by atoms with Crippen LogP contribution >= 0.6 is 22.9 Å². The van der Waals surface area contributed by atoms with E-state index in [0.717, 1.165) is 29.2 Å². The van der Waals surface area contributed by atoms with Crippen molar-refractivity contribution < 1.29 is 4.79 Å². The number of halogens is 1. The largest absolute Gasteiger partial charge is 0.299 e. The van der Waals surface area contributed by atoms with Gasteiger partial charge < -0.3 is 0 Å². The van der Waals surface area contributed by atoms with Crippen molar-refractivity contribution in [2.24, 2.45) is 0 Å². The molecule has 3 heteroatoms. The first-order valence-corrected chi connectivity index (χ1v) is 5.30. The average Bonchev–Trinajstić information content (AvgIpc) is 2.59. The lowest BCUT2D eigenvalue weighted by Gasteiger charge is -2.04. The van der Waals surface area contributed by atoms with Gasteiger partial charge in [0.1, 0.15) is 5.78 Å². The minimum Gasteiger partial charge on any atom is -0.299 e. The SMILES string of the molecule is O=C1CCCC1c1ccsc1Cl. The molecule has 0 amide bonds. The van der Waals surface area contributed by atoms with Crippen molar-refractivity contribution in [3.63, 3.8) is 0 Å². The van der Waals surface area contributed by atoms with Gasteiger partial charge in [-0.25, -0.2) is 0 Å². The quantitative estimate of drug-likeness (QED) is 0.680. The molecular weight excluding hydrogens is 192 g/mol. The minimum absolute atomic E-state index is 0.101. The van der Waals surface area contributed by atoms with Crippen LogP contribution in [0.5, 0.6) is 0 Å². The second-order valence-electron chi connectivity index (χ2n) is 3.06. The number of hydrogen-bond acceptors (Lipinski definition) is 2. The first kappa shape index (κ1) is 8.27. The summed E-state index contributed by atoms with van der Waals surface area (Å²) in [4.78, 5) is 11.4. The summed E-state index contributed by atoms with van der Waals surface area (Å²) in [5.74, 6) is 0.457. The molecule has 1 aromatic heterocycles. The monoisotopic (exact) mass is 200 g/mol. The smallest absolute Gasteiger partial charge is 0.140 e. The summed E-state index contributed by atoms with van der Waals surface area (Å²) < 4.78 is 0.787. The predicted octanol–water partition coefficient (Wildman–Crippen LogP) is 3.24. The highest BCUT2D eigenvalue weighted by molar-refractivity contribution is 7.14. The Morgan fingerprint density at radius 1 is 1.58 bits per heavy atom. The van der Waals surface area contributed by atoms with Crippen molar-refractivity contribution in [3.8, 4) is 0 Å². The highest BCUT2D eigenvalue weighted by Gasteiger charge is 2.27. The lowest BCUT2D eigenvalue weighted by molar-refractivity contribution is -0.118. The molecule has 12 heavy (non-hydrogen) atoms. The third kappa shape index (κ3) is 1.29. The fraction of sp³-hybridized carbons (Fsp3) is 0.444. The Morgan fingerprint density at radius 3 is 2.92 bits per heavy atom. The summed E-state index contributed by atoms with van der Waals surface area (Å²) in [5, 5.41) is 1.95. The molecule has 1 aliphatic carbocycles. The zero-order chi connectivity index (χ0) is 8.55. The molecule has 0 N–H and O–H groups in total. The molecule has 1 aromatic rings. The van der Waals surface area contributed by atoms with E-state index < -0.39 is 0 Å². The van der Waals surface area contributed by atoms with Gasteiger partial charge in [-0.15, -0.1) is 11.3 Å². The van der Waals surface area contributed by atoms with E-state index in [1.165, 1.54) is 11.3 Å². The maximum atomic E-state index is 11.4. The number of carbonyl (C=O) groups is 1. The van der Waals surface area contributed by atoms with Crippen LogP contribution in [0.2, 0.25) is 4.34 Å². The molecule has 2 rings (SSSR count). The molecule has 0 saturated heterocycles. The van der Waals surface area contributed by atoms with Gasteiger partial charge in [-0.2, -0.15) is 0 Å². The van der Waals surface area contributed by atoms with E-state index in [2.05, 4.69) is 0 Å². The Labute approximate surface area is 80.4 Å². The Hall–Kier alpha value is -0.340. The van der Waals surface area contributed by atoms with Gasteiger partial charge in [-0.3, -0.25) is 4.79 Å². The number of hydrogen-bond donors (Lipinski definition) is 0. The first-order valence-electron chi connectivity index (χ1n) is 4.04. The second kappa shape index (κ2) is 3.19. The molecule has 0 radical (unpaired) electrons. The van der Waals surface area contributed by atoms with E-state index in [-0.39, 0.29) is 5.92 Å². The normalized spacial score (nSPS) is 23.4. The zero-order valence-electron chi connectivity index (χ0n) is 6.55. The van der Waals surface area contributed by atoms with E-state index in [1.807, 2.05) is 11.4 Å². The lowest BCUT2D eigenvalue weighted by Crippen LogP contribution is -2.02. The van der Waals surface area contributed by atoms with Crippen LogP contribution < -0.4 is 0 Å².